The monoisotopic (exact) mass is 189 g/mol. The fourth-order valence-electron chi connectivity index (χ4n) is 0.943. The molecule has 1 rings (SSSR count). The number of nitriles is 1. The number of nitrogens with zero attached hydrogens (tertiary/aromatic N) is 2. The summed E-state index contributed by atoms with van der Waals surface area (Å²) in [6, 6.07) is 4.85. The highest BCUT2D eigenvalue weighted by Gasteiger charge is 1.98. The van der Waals surface area contributed by atoms with Crippen LogP contribution in [0.25, 0.3) is 6.08 Å². The largest absolute Gasteiger partial charge is 0.383 e. The van der Waals surface area contributed by atoms with Gasteiger partial charge in [-0.15, -0.1) is 0 Å². The first kappa shape index (κ1) is 10.1. The van der Waals surface area contributed by atoms with Crippen molar-refractivity contribution in [1.29, 1.82) is 5.26 Å². The minimum absolute atomic E-state index is 0.206. The molecule has 0 radical (unpaired) electrons. The van der Waals surface area contributed by atoms with Crippen LogP contribution in [-0.4, -0.2) is 24.0 Å². The van der Waals surface area contributed by atoms with Crippen molar-refractivity contribution in [3.05, 3.63) is 39.9 Å². The highest BCUT2D eigenvalue weighted by atomic mass is 16.1. The van der Waals surface area contributed by atoms with E-state index in [-0.39, 0.29) is 5.56 Å². The number of nitrogens with one attached hydrogen (secondary N) is 1. The predicted molar refractivity (Wildman–Crippen MR) is 54.5 cm³/mol. The molecule has 0 saturated heterocycles. The van der Waals surface area contributed by atoms with Gasteiger partial charge in [0.25, 0.3) is 0 Å². The average molecular weight is 189 g/mol. The number of aromatic amines is 1. The van der Waals surface area contributed by atoms with Crippen molar-refractivity contribution in [3.8, 4) is 6.07 Å². The highest BCUT2D eigenvalue weighted by Crippen LogP contribution is 2.03. The third-order valence-electron chi connectivity index (χ3n) is 1.61. The van der Waals surface area contributed by atoms with Gasteiger partial charge in [-0.25, -0.2) is 0 Å². The molecule has 0 unspecified atom stereocenters. The van der Waals surface area contributed by atoms with Crippen LogP contribution in [0.4, 0.5) is 0 Å². The predicted octanol–water partition coefficient (Wildman–Crippen LogP) is 0.779. The van der Waals surface area contributed by atoms with Gasteiger partial charge in [0.05, 0.1) is 11.3 Å². The molecule has 0 aliphatic heterocycles. The van der Waals surface area contributed by atoms with Crippen molar-refractivity contribution in [2.75, 3.05) is 14.1 Å². The molecule has 0 bridgehead atoms. The molecule has 1 N–H and O–H groups in total. The lowest BCUT2D eigenvalue weighted by Crippen LogP contribution is -2.07. The molecule has 4 heteroatoms. The topological polar surface area (TPSA) is 59.9 Å². The first-order valence-electron chi connectivity index (χ1n) is 4.11. The Hall–Kier alpha value is -2.02. The summed E-state index contributed by atoms with van der Waals surface area (Å²) in [6.45, 7) is 0. The summed E-state index contributed by atoms with van der Waals surface area (Å²) in [5.74, 6) is 0. The van der Waals surface area contributed by atoms with Crippen LogP contribution in [-0.2, 0) is 0 Å². The van der Waals surface area contributed by atoms with Crippen LogP contribution >= 0.6 is 0 Å². The molecule has 0 amide bonds. The van der Waals surface area contributed by atoms with Crippen molar-refractivity contribution < 1.29 is 0 Å². The van der Waals surface area contributed by atoms with Crippen molar-refractivity contribution in [1.82, 2.24) is 9.88 Å². The van der Waals surface area contributed by atoms with E-state index in [1.54, 1.807) is 12.3 Å². The Kier molecular flexibility index (Phi) is 3.08. The Bertz CT molecular complexity index is 437. The summed E-state index contributed by atoms with van der Waals surface area (Å²) >= 11 is 0. The van der Waals surface area contributed by atoms with Crippen LogP contribution in [0, 0.1) is 11.3 Å². The first-order chi connectivity index (χ1) is 6.63. The van der Waals surface area contributed by atoms with Gasteiger partial charge in [0.2, 0.25) is 5.56 Å². The van der Waals surface area contributed by atoms with E-state index < -0.39 is 0 Å². The maximum Gasteiger partial charge on any atom is 0.248 e. The van der Waals surface area contributed by atoms with Crippen molar-refractivity contribution in [2.24, 2.45) is 0 Å². The summed E-state index contributed by atoms with van der Waals surface area (Å²) < 4.78 is 0. The quantitative estimate of drug-likeness (QED) is 0.747. The zero-order valence-corrected chi connectivity index (χ0v) is 8.11. The highest BCUT2D eigenvalue weighted by molar-refractivity contribution is 5.53. The molecule has 1 aromatic rings. The van der Waals surface area contributed by atoms with E-state index in [0.717, 1.165) is 0 Å². The number of pyridine rings is 1. The second-order valence-corrected chi connectivity index (χ2v) is 3.04. The molecule has 0 aromatic carbocycles. The van der Waals surface area contributed by atoms with Gasteiger partial charge in [-0.05, 0) is 12.1 Å². The number of hydrogen-bond donors (Lipinski definition) is 1. The van der Waals surface area contributed by atoms with Gasteiger partial charge in [0.15, 0.2) is 0 Å². The third-order valence-corrected chi connectivity index (χ3v) is 1.61. The van der Waals surface area contributed by atoms with Gasteiger partial charge in [-0.3, -0.25) is 4.79 Å². The molecule has 0 atom stereocenters. The van der Waals surface area contributed by atoms with E-state index in [1.807, 2.05) is 25.1 Å². The maximum absolute atomic E-state index is 11.0. The third kappa shape index (κ3) is 2.49. The van der Waals surface area contributed by atoms with Gasteiger partial charge in [0, 0.05) is 26.4 Å². The molecule has 0 aliphatic carbocycles. The molecule has 0 aliphatic rings. The van der Waals surface area contributed by atoms with E-state index in [9.17, 15) is 4.79 Å². The minimum Gasteiger partial charge on any atom is -0.383 e. The number of aromatic nitrogens is 1. The van der Waals surface area contributed by atoms with Crippen LogP contribution in [0.5, 0.6) is 0 Å². The summed E-state index contributed by atoms with van der Waals surface area (Å²) in [5.41, 5.74) is 0.791. The van der Waals surface area contributed by atoms with Crippen LogP contribution in [0.1, 0.15) is 11.3 Å². The summed E-state index contributed by atoms with van der Waals surface area (Å²) in [7, 11) is 3.73. The molecule has 0 fully saturated rings. The molecule has 4 nitrogen and oxygen atoms in total. The van der Waals surface area contributed by atoms with Crippen molar-refractivity contribution >= 4 is 6.08 Å². The zero-order valence-electron chi connectivity index (χ0n) is 8.11. The minimum atomic E-state index is -0.206. The molecule has 1 heterocycles. The molecular weight excluding hydrogens is 178 g/mol. The number of H-pyrrole nitrogens is 1. The Morgan fingerprint density at radius 3 is 2.79 bits per heavy atom. The van der Waals surface area contributed by atoms with Crippen molar-refractivity contribution in [3.63, 3.8) is 0 Å². The maximum atomic E-state index is 11.0. The molecule has 0 spiro atoms. The van der Waals surface area contributed by atoms with E-state index in [4.69, 9.17) is 5.26 Å². The summed E-state index contributed by atoms with van der Waals surface area (Å²) in [6.07, 6.45) is 3.46. The van der Waals surface area contributed by atoms with Crippen LogP contribution in [0.2, 0.25) is 0 Å². The lowest BCUT2D eigenvalue weighted by Gasteiger charge is -2.03. The molecule has 72 valence electrons. The first-order valence-corrected chi connectivity index (χ1v) is 4.11. The van der Waals surface area contributed by atoms with Gasteiger partial charge in [0.1, 0.15) is 6.07 Å². The zero-order chi connectivity index (χ0) is 10.6. The van der Waals surface area contributed by atoms with Gasteiger partial charge in [-0.1, -0.05) is 0 Å². The van der Waals surface area contributed by atoms with Gasteiger partial charge >= 0.3 is 0 Å². The Morgan fingerprint density at radius 2 is 2.21 bits per heavy atom. The lowest BCUT2D eigenvalue weighted by atomic mass is 10.2. The lowest BCUT2D eigenvalue weighted by molar-refractivity contribution is 0.567. The second kappa shape index (κ2) is 4.28. The van der Waals surface area contributed by atoms with Crippen LogP contribution in [0.15, 0.2) is 23.1 Å². The van der Waals surface area contributed by atoms with Gasteiger partial charge in [-0.2, -0.15) is 5.26 Å². The average Bonchev–Trinajstić information content (AvgIpc) is 2.15. The molecule has 14 heavy (non-hydrogen) atoms. The van der Waals surface area contributed by atoms with E-state index in [1.165, 1.54) is 12.1 Å². The number of rotatable bonds is 2. The Balaban J connectivity index is 3.13. The van der Waals surface area contributed by atoms with Crippen molar-refractivity contribution in [2.45, 2.75) is 0 Å². The summed E-state index contributed by atoms with van der Waals surface area (Å²) in [5, 5.41) is 8.76. The second-order valence-electron chi connectivity index (χ2n) is 3.04. The Labute approximate surface area is 82.1 Å². The molecule has 0 saturated carbocycles. The molecule has 1 aromatic heterocycles. The number of hydrogen-bond acceptors (Lipinski definition) is 3. The van der Waals surface area contributed by atoms with Crippen LogP contribution in [0.3, 0.4) is 0 Å². The van der Waals surface area contributed by atoms with Gasteiger partial charge < -0.3 is 9.88 Å². The van der Waals surface area contributed by atoms with Crippen LogP contribution < -0.4 is 5.56 Å². The SMILES string of the molecule is CN(C)C=Cc1[nH]c(=O)ccc1C#N. The Morgan fingerprint density at radius 1 is 1.50 bits per heavy atom. The summed E-state index contributed by atoms with van der Waals surface area (Å²) in [4.78, 5) is 15.4. The van der Waals surface area contributed by atoms with E-state index in [0.29, 0.717) is 11.3 Å². The fraction of sp³-hybridized carbons (Fsp3) is 0.200. The van der Waals surface area contributed by atoms with E-state index in [2.05, 4.69) is 4.98 Å². The standard InChI is InChI=1S/C10H11N3O/c1-13(2)6-5-9-8(7-11)3-4-10(14)12-9/h3-6H,1-2H3,(H,12,14). The molecular formula is C10H11N3O. The normalized spacial score (nSPS) is 10.1. The van der Waals surface area contributed by atoms with E-state index >= 15 is 0 Å². The smallest absolute Gasteiger partial charge is 0.248 e. The fourth-order valence-corrected chi connectivity index (χ4v) is 0.943.